The number of fused-ring (bicyclic) bond motifs is 1. The maximum atomic E-state index is 2.73. The van der Waals surface area contributed by atoms with E-state index in [9.17, 15) is 0 Å². The predicted molar refractivity (Wildman–Crippen MR) is 58.2 cm³/mol. The van der Waals surface area contributed by atoms with Gasteiger partial charge in [0, 0.05) is 32.2 Å². The van der Waals surface area contributed by atoms with Gasteiger partial charge in [-0.25, -0.2) is 0 Å². The molecule has 0 aromatic carbocycles. The van der Waals surface area contributed by atoms with Crippen molar-refractivity contribution in [2.75, 3.05) is 33.2 Å². The van der Waals surface area contributed by atoms with E-state index in [0.29, 0.717) is 0 Å². The van der Waals surface area contributed by atoms with Crippen molar-refractivity contribution in [2.24, 2.45) is 17.8 Å². The van der Waals surface area contributed by atoms with Crippen LogP contribution in [0, 0.1) is 17.8 Å². The average Bonchev–Trinajstić information content (AvgIpc) is 2.54. The first-order valence-corrected chi connectivity index (χ1v) is 6.15. The zero-order chi connectivity index (χ0) is 9.71. The maximum Gasteiger partial charge on any atom is 0.0102 e. The van der Waals surface area contributed by atoms with Gasteiger partial charge in [0.05, 0.1) is 0 Å². The van der Waals surface area contributed by atoms with Crippen LogP contribution in [0.4, 0.5) is 0 Å². The van der Waals surface area contributed by atoms with Crippen LogP contribution in [-0.2, 0) is 0 Å². The molecule has 3 fully saturated rings. The van der Waals surface area contributed by atoms with Crippen molar-refractivity contribution < 1.29 is 0 Å². The Morgan fingerprint density at radius 3 is 2.00 bits per heavy atom. The molecular formula is C12H22N2. The van der Waals surface area contributed by atoms with E-state index in [4.69, 9.17) is 0 Å². The second-order valence-corrected chi connectivity index (χ2v) is 5.93. The lowest BCUT2D eigenvalue weighted by molar-refractivity contribution is 0.0597. The standard InChI is InChI=1S/C12H22N2/c1-9-5-14(6-9)12-3-10-7-13(2)8-11(10)4-12/h9-12H,3-8H2,1-2H3. The smallest absolute Gasteiger partial charge is 0.0102 e. The highest BCUT2D eigenvalue weighted by atomic mass is 15.2. The summed E-state index contributed by atoms with van der Waals surface area (Å²) in [5, 5.41) is 0. The first kappa shape index (κ1) is 9.17. The lowest BCUT2D eigenvalue weighted by Crippen LogP contribution is -2.50. The van der Waals surface area contributed by atoms with E-state index in [2.05, 4.69) is 23.8 Å². The van der Waals surface area contributed by atoms with Gasteiger partial charge in [0.25, 0.3) is 0 Å². The summed E-state index contributed by atoms with van der Waals surface area (Å²) >= 11 is 0. The molecule has 0 bridgehead atoms. The Labute approximate surface area is 87.3 Å². The van der Waals surface area contributed by atoms with Crippen LogP contribution < -0.4 is 0 Å². The topological polar surface area (TPSA) is 6.48 Å². The lowest BCUT2D eigenvalue weighted by Gasteiger charge is -2.42. The molecule has 2 atom stereocenters. The Kier molecular flexibility index (Phi) is 2.10. The van der Waals surface area contributed by atoms with Crippen LogP contribution in [0.25, 0.3) is 0 Å². The number of nitrogens with zero attached hydrogens (tertiary/aromatic N) is 2. The number of hydrogen-bond donors (Lipinski definition) is 0. The molecule has 2 nitrogen and oxygen atoms in total. The maximum absolute atomic E-state index is 2.73. The second kappa shape index (κ2) is 3.21. The first-order chi connectivity index (χ1) is 6.72. The van der Waals surface area contributed by atoms with Crippen LogP contribution in [0.3, 0.4) is 0 Å². The van der Waals surface area contributed by atoms with Crippen molar-refractivity contribution in [2.45, 2.75) is 25.8 Å². The predicted octanol–water partition coefficient (Wildman–Crippen LogP) is 1.28. The van der Waals surface area contributed by atoms with E-state index in [1.807, 2.05) is 0 Å². The molecule has 2 heteroatoms. The molecule has 80 valence electrons. The third kappa shape index (κ3) is 1.40. The summed E-state index contributed by atoms with van der Waals surface area (Å²) in [6, 6.07) is 0.954. The van der Waals surface area contributed by atoms with E-state index in [1.165, 1.54) is 39.0 Å². The van der Waals surface area contributed by atoms with Gasteiger partial charge in [-0.3, -0.25) is 4.90 Å². The molecule has 2 unspecified atom stereocenters. The molecule has 2 saturated heterocycles. The highest BCUT2D eigenvalue weighted by Crippen LogP contribution is 2.41. The summed E-state index contributed by atoms with van der Waals surface area (Å²) < 4.78 is 0. The van der Waals surface area contributed by atoms with Crippen LogP contribution in [0.1, 0.15) is 19.8 Å². The SMILES string of the molecule is CC1CN(C2CC3CN(C)CC3C2)C1. The molecule has 0 spiro atoms. The summed E-state index contributed by atoms with van der Waals surface area (Å²) in [5.41, 5.74) is 0. The minimum atomic E-state index is 0.954. The number of likely N-dealkylation sites (tertiary alicyclic amines) is 2. The number of rotatable bonds is 1. The van der Waals surface area contributed by atoms with Crippen molar-refractivity contribution in [1.29, 1.82) is 0 Å². The van der Waals surface area contributed by atoms with Crippen molar-refractivity contribution in [3.63, 3.8) is 0 Å². The summed E-state index contributed by atoms with van der Waals surface area (Å²) in [5.74, 6) is 3.03. The van der Waals surface area contributed by atoms with Gasteiger partial charge in [0.15, 0.2) is 0 Å². The van der Waals surface area contributed by atoms with Gasteiger partial charge in [-0.2, -0.15) is 0 Å². The van der Waals surface area contributed by atoms with Gasteiger partial charge in [0.2, 0.25) is 0 Å². The molecule has 14 heavy (non-hydrogen) atoms. The minimum absolute atomic E-state index is 0.954. The van der Waals surface area contributed by atoms with Crippen LogP contribution >= 0.6 is 0 Å². The fourth-order valence-electron chi connectivity index (χ4n) is 3.85. The molecule has 0 amide bonds. The van der Waals surface area contributed by atoms with Crippen molar-refractivity contribution in [3.05, 3.63) is 0 Å². The second-order valence-electron chi connectivity index (χ2n) is 5.93. The third-order valence-corrected chi connectivity index (χ3v) is 4.52. The van der Waals surface area contributed by atoms with Crippen LogP contribution in [-0.4, -0.2) is 49.1 Å². The highest BCUT2D eigenvalue weighted by molar-refractivity contribution is 4.97. The normalized spacial score (nSPS) is 45.4. The number of hydrogen-bond acceptors (Lipinski definition) is 2. The molecule has 3 aliphatic rings. The summed E-state index contributed by atoms with van der Waals surface area (Å²) in [4.78, 5) is 5.24. The molecule has 0 aromatic rings. The van der Waals surface area contributed by atoms with Gasteiger partial charge < -0.3 is 4.90 Å². The molecular weight excluding hydrogens is 172 g/mol. The van der Waals surface area contributed by atoms with E-state index in [1.54, 1.807) is 0 Å². The van der Waals surface area contributed by atoms with Gasteiger partial charge in [-0.15, -0.1) is 0 Å². The molecule has 2 heterocycles. The Morgan fingerprint density at radius 2 is 1.50 bits per heavy atom. The van der Waals surface area contributed by atoms with E-state index in [-0.39, 0.29) is 0 Å². The highest BCUT2D eigenvalue weighted by Gasteiger charge is 2.43. The molecule has 1 aliphatic carbocycles. The fourth-order valence-corrected chi connectivity index (χ4v) is 3.85. The minimum Gasteiger partial charge on any atom is -0.306 e. The first-order valence-electron chi connectivity index (χ1n) is 6.15. The van der Waals surface area contributed by atoms with Crippen molar-refractivity contribution in [1.82, 2.24) is 9.80 Å². The molecule has 0 N–H and O–H groups in total. The van der Waals surface area contributed by atoms with Crippen molar-refractivity contribution >= 4 is 0 Å². The Bertz CT molecular complexity index is 208. The lowest BCUT2D eigenvalue weighted by atomic mass is 9.98. The Hall–Kier alpha value is -0.0800. The molecule has 0 radical (unpaired) electrons. The van der Waals surface area contributed by atoms with E-state index < -0.39 is 0 Å². The Balaban J connectivity index is 1.57. The van der Waals surface area contributed by atoms with Gasteiger partial charge in [-0.1, -0.05) is 6.92 Å². The van der Waals surface area contributed by atoms with E-state index >= 15 is 0 Å². The Morgan fingerprint density at radius 1 is 0.929 bits per heavy atom. The monoisotopic (exact) mass is 194 g/mol. The quantitative estimate of drug-likeness (QED) is 0.620. The van der Waals surface area contributed by atoms with Crippen LogP contribution in [0.15, 0.2) is 0 Å². The summed E-state index contributed by atoms with van der Waals surface area (Å²) in [7, 11) is 2.28. The van der Waals surface area contributed by atoms with Gasteiger partial charge in [0.1, 0.15) is 0 Å². The van der Waals surface area contributed by atoms with Crippen molar-refractivity contribution in [3.8, 4) is 0 Å². The van der Waals surface area contributed by atoms with E-state index in [0.717, 1.165) is 23.8 Å². The fraction of sp³-hybridized carbons (Fsp3) is 1.00. The van der Waals surface area contributed by atoms with Gasteiger partial charge >= 0.3 is 0 Å². The largest absolute Gasteiger partial charge is 0.306 e. The third-order valence-electron chi connectivity index (χ3n) is 4.52. The molecule has 3 rings (SSSR count). The zero-order valence-corrected chi connectivity index (χ0v) is 9.45. The van der Waals surface area contributed by atoms with Gasteiger partial charge in [-0.05, 0) is 37.6 Å². The molecule has 2 aliphatic heterocycles. The zero-order valence-electron chi connectivity index (χ0n) is 9.45. The van der Waals surface area contributed by atoms with Crippen LogP contribution in [0.5, 0.6) is 0 Å². The summed E-state index contributed by atoms with van der Waals surface area (Å²) in [6.45, 7) is 7.86. The van der Waals surface area contributed by atoms with Crippen LogP contribution in [0.2, 0.25) is 0 Å². The molecule has 0 aromatic heterocycles. The summed E-state index contributed by atoms with van der Waals surface area (Å²) in [6.07, 6.45) is 2.98. The average molecular weight is 194 g/mol. The molecule has 1 saturated carbocycles.